The number of benzene rings is 2. The fourth-order valence-electron chi connectivity index (χ4n) is 2.81. The molecule has 0 aliphatic heterocycles. The first-order valence-electron chi connectivity index (χ1n) is 8.28. The van der Waals surface area contributed by atoms with Crippen molar-refractivity contribution in [3.05, 3.63) is 39.9 Å². The Labute approximate surface area is 156 Å². The van der Waals surface area contributed by atoms with E-state index in [1.807, 2.05) is 37.3 Å². The molecule has 0 aromatic heterocycles. The number of halogens is 1. The van der Waals surface area contributed by atoms with E-state index in [1.165, 1.54) is 0 Å². The zero-order valence-electron chi connectivity index (χ0n) is 15.0. The summed E-state index contributed by atoms with van der Waals surface area (Å²) in [5.41, 5.74) is 1.38. The van der Waals surface area contributed by atoms with E-state index in [2.05, 4.69) is 15.9 Å². The van der Waals surface area contributed by atoms with Crippen molar-refractivity contribution in [2.45, 2.75) is 26.7 Å². The third-order valence-corrected chi connectivity index (χ3v) is 4.67. The van der Waals surface area contributed by atoms with E-state index >= 15 is 0 Å². The molecule has 0 saturated heterocycles. The largest absolute Gasteiger partial charge is 0.495 e. The van der Waals surface area contributed by atoms with Crippen molar-refractivity contribution < 1.29 is 19.0 Å². The van der Waals surface area contributed by atoms with Crippen molar-refractivity contribution in [3.63, 3.8) is 0 Å². The molecular weight excluding hydrogens is 384 g/mol. The van der Waals surface area contributed by atoms with Crippen molar-refractivity contribution in [2.24, 2.45) is 0 Å². The second-order valence-corrected chi connectivity index (χ2v) is 6.27. The number of hydrogen-bond acceptors (Lipinski definition) is 4. The minimum absolute atomic E-state index is 0.301. The molecule has 2 aromatic carbocycles. The van der Waals surface area contributed by atoms with E-state index in [1.54, 1.807) is 21.1 Å². The van der Waals surface area contributed by atoms with Crippen LogP contribution >= 0.6 is 15.9 Å². The molecule has 0 fully saturated rings. The first kappa shape index (κ1) is 19.3. The number of hydrogen-bond donors (Lipinski definition) is 0. The van der Waals surface area contributed by atoms with Gasteiger partial charge in [0.25, 0.3) is 0 Å². The average molecular weight is 407 g/mol. The Morgan fingerprint density at radius 3 is 2.20 bits per heavy atom. The SMILES string of the molecule is CCC/C(=C\c1c(Br)c(OC)c2ccccc2c1OC)C(=O)OCC. The van der Waals surface area contributed by atoms with Gasteiger partial charge in [0.15, 0.2) is 0 Å². The van der Waals surface area contributed by atoms with Crippen LogP contribution in [0.3, 0.4) is 0 Å². The van der Waals surface area contributed by atoms with Crippen LogP contribution in [-0.4, -0.2) is 26.8 Å². The van der Waals surface area contributed by atoms with Gasteiger partial charge in [0.2, 0.25) is 0 Å². The van der Waals surface area contributed by atoms with Gasteiger partial charge in [0.05, 0.1) is 25.3 Å². The number of methoxy groups -OCH3 is 2. The number of fused-ring (bicyclic) bond motifs is 1. The Morgan fingerprint density at radius 2 is 1.68 bits per heavy atom. The monoisotopic (exact) mass is 406 g/mol. The highest BCUT2D eigenvalue weighted by molar-refractivity contribution is 9.10. The van der Waals surface area contributed by atoms with Crippen molar-refractivity contribution in [3.8, 4) is 11.5 Å². The molecule has 0 aliphatic carbocycles. The molecule has 0 atom stereocenters. The number of esters is 1. The molecule has 0 radical (unpaired) electrons. The molecule has 2 aromatic rings. The van der Waals surface area contributed by atoms with Crippen LogP contribution in [0.25, 0.3) is 16.8 Å². The van der Waals surface area contributed by atoms with Crippen molar-refractivity contribution in [2.75, 3.05) is 20.8 Å². The van der Waals surface area contributed by atoms with Crippen LogP contribution in [-0.2, 0) is 9.53 Å². The molecule has 0 N–H and O–H groups in total. The molecule has 2 rings (SSSR count). The van der Waals surface area contributed by atoms with Crippen LogP contribution in [0.2, 0.25) is 0 Å². The Bertz CT molecular complexity index is 796. The topological polar surface area (TPSA) is 44.8 Å². The zero-order chi connectivity index (χ0) is 18.4. The number of carbonyl (C=O) groups is 1. The molecule has 0 saturated carbocycles. The highest BCUT2D eigenvalue weighted by Gasteiger charge is 2.20. The van der Waals surface area contributed by atoms with E-state index < -0.39 is 0 Å². The summed E-state index contributed by atoms with van der Waals surface area (Å²) < 4.78 is 17.2. The van der Waals surface area contributed by atoms with Gasteiger partial charge in [-0.2, -0.15) is 0 Å². The predicted octanol–water partition coefficient (Wildman–Crippen LogP) is 5.37. The highest BCUT2D eigenvalue weighted by Crippen LogP contribution is 2.44. The predicted molar refractivity (Wildman–Crippen MR) is 104 cm³/mol. The lowest BCUT2D eigenvalue weighted by molar-refractivity contribution is -0.138. The van der Waals surface area contributed by atoms with Gasteiger partial charge in [-0.1, -0.05) is 37.6 Å². The van der Waals surface area contributed by atoms with Gasteiger partial charge in [-0.15, -0.1) is 0 Å². The summed E-state index contributed by atoms with van der Waals surface area (Å²) in [5.74, 6) is 1.11. The lowest BCUT2D eigenvalue weighted by atomic mass is 10.0. The first-order chi connectivity index (χ1) is 12.1. The third kappa shape index (κ3) is 3.98. The molecule has 134 valence electrons. The van der Waals surface area contributed by atoms with Gasteiger partial charge in [0, 0.05) is 21.9 Å². The second kappa shape index (κ2) is 8.90. The smallest absolute Gasteiger partial charge is 0.334 e. The normalized spacial score (nSPS) is 11.5. The Kier molecular flexibility index (Phi) is 6.88. The van der Waals surface area contributed by atoms with Crippen molar-refractivity contribution in [1.29, 1.82) is 0 Å². The zero-order valence-corrected chi connectivity index (χ0v) is 16.6. The van der Waals surface area contributed by atoms with Gasteiger partial charge in [-0.3, -0.25) is 0 Å². The number of rotatable bonds is 7. The van der Waals surface area contributed by atoms with E-state index in [-0.39, 0.29) is 5.97 Å². The third-order valence-electron chi connectivity index (χ3n) is 3.88. The summed E-state index contributed by atoms with van der Waals surface area (Å²) in [6.45, 7) is 4.18. The molecule has 0 heterocycles. The quantitative estimate of drug-likeness (QED) is 0.458. The fourth-order valence-corrected chi connectivity index (χ4v) is 3.48. The lowest BCUT2D eigenvalue weighted by Gasteiger charge is -2.17. The maximum atomic E-state index is 12.3. The van der Waals surface area contributed by atoms with Crippen LogP contribution in [0.1, 0.15) is 32.3 Å². The summed E-state index contributed by atoms with van der Waals surface area (Å²) in [6, 6.07) is 7.86. The second-order valence-electron chi connectivity index (χ2n) is 5.48. The highest BCUT2D eigenvalue weighted by atomic mass is 79.9. The standard InChI is InChI=1S/C20H23BrO4/c1-5-9-13(20(22)25-6-2)12-16-17(21)19(24-4)15-11-8-7-10-14(15)18(16)23-3/h7-8,10-12H,5-6,9H2,1-4H3/b13-12+. The molecule has 0 bridgehead atoms. The van der Waals surface area contributed by atoms with Gasteiger partial charge in [-0.05, 0) is 35.4 Å². The Morgan fingerprint density at radius 1 is 1.08 bits per heavy atom. The molecule has 0 unspecified atom stereocenters. The maximum absolute atomic E-state index is 12.3. The summed E-state index contributed by atoms with van der Waals surface area (Å²) in [6.07, 6.45) is 3.30. The maximum Gasteiger partial charge on any atom is 0.334 e. The van der Waals surface area contributed by atoms with E-state index in [9.17, 15) is 4.79 Å². The van der Waals surface area contributed by atoms with Gasteiger partial charge in [-0.25, -0.2) is 4.79 Å². The molecule has 0 amide bonds. The van der Waals surface area contributed by atoms with Crippen LogP contribution < -0.4 is 9.47 Å². The van der Waals surface area contributed by atoms with Crippen molar-refractivity contribution >= 4 is 38.7 Å². The molecular formula is C20H23BrO4. The van der Waals surface area contributed by atoms with Crippen molar-refractivity contribution in [1.82, 2.24) is 0 Å². The number of ether oxygens (including phenoxy) is 3. The van der Waals surface area contributed by atoms with E-state index in [0.29, 0.717) is 30.1 Å². The summed E-state index contributed by atoms with van der Waals surface area (Å²) in [5, 5.41) is 1.87. The summed E-state index contributed by atoms with van der Waals surface area (Å²) >= 11 is 3.62. The molecule has 5 heteroatoms. The molecule has 0 aliphatic rings. The van der Waals surface area contributed by atoms with Gasteiger partial charge in [0.1, 0.15) is 11.5 Å². The Balaban J connectivity index is 2.76. The fraction of sp³-hybridized carbons (Fsp3) is 0.350. The summed E-state index contributed by atoms with van der Waals surface area (Å²) in [4.78, 5) is 12.3. The van der Waals surface area contributed by atoms with Crippen LogP contribution in [0.15, 0.2) is 34.3 Å². The number of carbonyl (C=O) groups excluding carboxylic acids is 1. The van der Waals surface area contributed by atoms with Gasteiger partial charge < -0.3 is 14.2 Å². The van der Waals surface area contributed by atoms with Crippen LogP contribution in [0.5, 0.6) is 11.5 Å². The Hall–Kier alpha value is -2.01. The lowest BCUT2D eigenvalue weighted by Crippen LogP contribution is -2.08. The van der Waals surface area contributed by atoms with Gasteiger partial charge >= 0.3 is 5.97 Å². The van der Waals surface area contributed by atoms with E-state index in [0.717, 1.165) is 27.2 Å². The van der Waals surface area contributed by atoms with Crippen LogP contribution in [0.4, 0.5) is 0 Å². The molecule has 4 nitrogen and oxygen atoms in total. The average Bonchev–Trinajstić information content (AvgIpc) is 2.62. The minimum atomic E-state index is -0.301. The van der Waals surface area contributed by atoms with Crippen LogP contribution in [0, 0.1) is 0 Å². The van der Waals surface area contributed by atoms with E-state index in [4.69, 9.17) is 14.2 Å². The summed E-state index contributed by atoms with van der Waals surface area (Å²) in [7, 11) is 3.26. The molecule has 25 heavy (non-hydrogen) atoms. The minimum Gasteiger partial charge on any atom is -0.495 e. The first-order valence-corrected chi connectivity index (χ1v) is 9.08. The molecule has 0 spiro atoms.